The average molecular weight is 495 g/mol. The van der Waals surface area contributed by atoms with Crippen LogP contribution in [-0.2, 0) is 12.8 Å². The molecule has 188 valence electrons. The van der Waals surface area contributed by atoms with E-state index in [1.54, 1.807) is 27.8 Å². The van der Waals surface area contributed by atoms with Crippen molar-refractivity contribution in [2.24, 2.45) is 11.8 Å². The zero-order valence-corrected chi connectivity index (χ0v) is 23.0. The van der Waals surface area contributed by atoms with Gasteiger partial charge in [0.2, 0.25) is 0 Å². The van der Waals surface area contributed by atoms with Crippen molar-refractivity contribution in [1.82, 2.24) is 0 Å². The predicted molar refractivity (Wildman–Crippen MR) is 156 cm³/mol. The first-order chi connectivity index (χ1) is 17.9. The number of benzene rings is 3. The summed E-state index contributed by atoms with van der Waals surface area (Å²) in [7, 11) is -0.101. The minimum Gasteiger partial charge on any atom is -0.0907 e. The zero-order valence-electron chi connectivity index (χ0n) is 22.1. The van der Waals surface area contributed by atoms with Crippen LogP contribution in [0.25, 0.3) is 0 Å². The van der Waals surface area contributed by atoms with Crippen LogP contribution in [0, 0.1) is 11.8 Å². The highest BCUT2D eigenvalue weighted by molar-refractivity contribution is 7.58. The van der Waals surface area contributed by atoms with Gasteiger partial charge in [-0.25, -0.2) is 0 Å². The molecule has 4 unspecified atom stereocenters. The van der Waals surface area contributed by atoms with Gasteiger partial charge in [-0.3, -0.25) is 0 Å². The molecule has 3 aromatic rings. The van der Waals surface area contributed by atoms with Crippen LogP contribution in [-0.4, -0.2) is 6.16 Å². The Bertz CT molecular complexity index is 1070. The molecule has 0 saturated carbocycles. The molecule has 36 heavy (non-hydrogen) atoms. The maximum absolute atomic E-state index is 2.53. The highest BCUT2D eigenvalue weighted by atomic mass is 31.1. The van der Waals surface area contributed by atoms with E-state index >= 15 is 0 Å². The Labute approximate surface area is 220 Å². The van der Waals surface area contributed by atoms with Crippen LogP contribution in [0.4, 0.5) is 0 Å². The van der Waals surface area contributed by atoms with E-state index in [0.717, 1.165) is 23.2 Å². The van der Waals surface area contributed by atoms with Crippen LogP contribution in [0.3, 0.4) is 0 Å². The summed E-state index contributed by atoms with van der Waals surface area (Å²) in [6.07, 6.45) is 15.2. The van der Waals surface area contributed by atoms with Gasteiger partial charge in [0.25, 0.3) is 0 Å². The smallest absolute Gasteiger partial charge is 0.00844 e. The summed E-state index contributed by atoms with van der Waals surface area (Å²) in [6, 6.07) is 30.9. The third-order valence-corrected chi connectivity index (χ3v) is 13.2. The fourth-order valence-corrected chi connectivity index (χ4v) is 12.5. The summed E-state index contributed by atoms with van der Waals surface area (Å²) in [5.41, 5.74) is 9.92. The molecular formula is C35H43P. The number of rotatable bonds is 8. The van der Waals surface area contributed by atoms with Crippen LogP contribution in [0.1, 0.15) is 103 Å². The molecule has 0 bridgehead atoms. The molecule has 0 N–H and O–H groups in total. The number of hydrogen-bond acceptors (Lipinski definition) is 0. The maximum atomic E-state index is 2.53. The second-order valence-corrected chi connectivity index (χ2v) is 14.2. The second kappa shape index (κ2) is 11.2. The lowest BCUT2D eigenvalue weighted by atomic mass is 9.64. The molecule has 1 saturated heterocycles. The second-order valence-electron chi connectivity index (χ2n) is 11.6. The molecule has 1 fully saturated rings. The van der Waals surface area contributed by atoms with Gasteiger partial charge in [-0.2, -0.15) is 0 Å². The van der Waals surface area contributed by atoms with Crippen molar-refractivity contribution < 1.29 is 0 Å². The van der Waals surface area contributed by atoms with Crippen molar-refractivity contribution in [3.8, 4) is 0 Å². The third kappa shape index (κ3) is 4.60. The Morgan fingerprint density at radius 3 is 1.75 bits per heavy atom. The number of unbranched alkanes of at least 4 members (excludes halogenated alkanes) is 5. The van der Waals surface area contributed by atoms with Gasteiger partial charge >= 0.3 is 0 Å². The minimum atomic E-state index is -0.101. The lowest BCUT2D eigenvalue weighted by molar-refractivity contribution is 0.229. The van der Waals surface area contributed by atoms with E-state index in [0.29, 0.717) is 5.92 Å². The number of aryl methyl sites for hydroxylation is 2. The predicted octanol–water partition coefficient (Wildman–Crippen LogP) is 10.2. The SMILES string of the molecule is CCCCCCCCP1C2c3ccccc3CCC2C(c2ccccc2)C2CCc3ccccc3C21. The lowest BCUT2D eigenvalue weighted by Gasteiger charge is -2.57. The molecule has 0 spiro atoms. The fraction of sp³-hybridized carbons (Fsp3) is 0.486. The minimum absolute atomic E-state index is 0.101. The van der Waals surface area contributed by atoms with Gasteiger partial charge in [-0.05, 0) is 83.8 Å². The monoisotopic (exact) mass is 494 g/mol. The Morgan fingerprint density at radius 1 is 0.611 bits per heavy atom. The van der Waals surface area contributed by atoms with Crippen LogP contribution in [0.2, 0.25) is 0 Å². The third-order valence-electron chi connectivity index (χ3n) is 9.64. The van der Waals surface area contributed by atoms with Crippen LogP contribution in [0.5, 0.6) is 0 Å². The van der Waals surface area contributed by atoms with E-state index in [2.05, 4.69) is 85.8 Å². The van der Waals surface area contributed by atoms with E-state index in [-0.39, 0.29) is 7.92 Å². The summed E-state index contributed by atoms with van der Waals surface area (Å²) in [5, 5.41) is 0. The van der Waals surface area contributed by atoms with Crippen LogP contribution in [0.15, 0.2) is 78.9 Å². The topological polar surface area (TPSA) is 0 Å². The Morgan fingerprint density at radius 2 is 1.14 bits per heavy atom. The largest absolute Gasteiger partial charge is 0.0907 e. The van der Waals surface area contributed by atoms with Gasteiger partial charge in [0.05, 0.1) is 0 Å². The molecular weight excluding hydrogens is 451 g/mol. The summed E-state index contributed by atoms with van der Waals surface area (Å²) in [6.45, 7) is 2.33. The highest BCUT2D eigenvalue weighted by Gasteiger charge is 2.53. The number of hydrogen-bond donors (Lipinski definition) is 0. The lowest BCUT2D eigenvalue weighted by Crippen LogP contribution is -2.40. The van der Waals surface area contributed by atoms with E-state index in [4.69, 9.17) is 0 Å². The van der Waals surface area contributed by atoms with Gasteiger partial charge in [0.1, 0.15) is 0 Å². The van der Waals surface area contributed by atoms with Crippen molar-refractivity contribution in [3.63, 3.8) is 0 Å². The molecule has 0 amide bonds. The molecule has 1 heteroatoms. The number of fused-ring (bicyclic) bond motifs is 6. The Balaban J connectivity index is 1.42. The van der Waals surface area contributed by atoms with E-state index < -0.39 is 0 Å². The normalized spacial score (nSPS) is 28.5. The molecule has 1 aliphatic heterocycles. The molecule has 0 radical (unpaired) electrons. The van der Waals surface area contributed by atoms with E-state index in [1.807, 2.05) is 0 Å². The Kier molecular flexibility index (Phi) is 7.62. The fourth-order valence-electron chi connectivity index (χ4n) is 8.14. The molecule has 4 atom stereocenters. The van der Waals surface area contributed by atoms with Crippen molar-refractivity contribution in [2.45, 2.75) is 88.4 Å². The van der Waals surface area contributed by atoms with Crippen molar-refractivity contribution in [3.05, 3.63) is 107 Å². The van der Waals surface area contributed by atoms with Crippen LogP contribution < -0.4 is 0 Å². The molecule has 1 heterocycles. The maximum Gasteiger partial charge on any atom is 0.00844 e. The molecule has 0 aromatic heterocycles. The van der Waals surface area contributed by atoms with Crippen molar-refractivity contribution in [1.29, 1.82) is 0 Å². The molecule has 6 rings (SSSR count). The summed E-state index contributed by atoms with van der Waals surface area (Å²) in [4.78, 5) is 0. The van der Waals surface area contributed by atoms with Crippen LogP contribution >= 0.6 is 7.92 Å². The first-order valence-electron chi connectivity index (χ1n) is 14.8. The molecule has 3 aromatic carbocycles. The van der Waals surface area contributed by atoms with Gasteiger partial charge in [0, 0.05) is 11.3 Å². The van der Waals surface area contributed by atoms with Gasteiger partial charge in [-0.1, -0.05) is 126 Å². The Hall–Kier alpha value is -1.91. The highest BCUT2D eigenvalue weighted by Crippen LogP contribution is 2.77. The zero-order chi connectivity index (χ0) is 24.3. The molecule has 3 aliphatic rings. The van der Waals surface area contributed by atoms with Gasteiger partial charge in [0.15, 0.2) is 0 Å². The summed E-state index contributed by atoms with van der Waals surface area (Å²) in [5.74, 6) is 2.31. The summed E-state index contributed by atoms with van der Waals surface area (Å²) < 4.78 is 0. The average Bonchev–Trinajstić information content (AvgIpc) is 2.94. The van der Waals surface area contributed by atoms with Gasteiger partial charge < -0.3 is 0 Å². The van der Waals surface area contributed by atoms with E-state index in [9.17, 15) is 0 Å². The molecule has 2 aliphatic carbocycles. The molecule has 0 nitrogen and oxygen atoms in total. The standard InChI is InChI=1S/C35H43P/c1-2-3-4-5-6-14-25-36-34-29-19-12-10-15-26(29)21-23-31(34)33(28-17-8-7-9-18-28)32-24-22-27-16-11-13-20-30(27)35(32)36/h7-13,15-20,31-35H,2-6,14,21-25H2,1H3. The summed E-state index contributed by atoms with van der Waals surface area (Å²) >= 11 is 0. The van der Waals surface area contributed by atoms with Crippen molar-refractivity contribution >= 4 is 7.92 Å². The van der Waals surface area contributed by atoms with E-state index in [1.165, 1.54) is 70.4 Å². The van der Waals surface area contributed by atoms with Gasteiger partial charge in [-0.15, -0.1) is 0 Å². The first kappa shape index (κ1) is 24.4. The quantitative estimate of drug-likeness (QED) is 0.216. The van der Waals surface area contributed by atoms with Crippen molar-refractivity contribution in [2.75, 3.05) is 6.16 Å². The first-order valence-corrected chi connectivity index (χ1v) is 16.5.